The third-order valence-electron chi connectivity index (χ3n) is 1.48. The molecule has 0 aliphatic rings. The first-order valence-electron chi connectivity index (χ1n) is 4.33. The molecule has 6 nitrogen and oxygen atoms in total. The van der Waals surface area contributed by atoms with Crippen LogP contribution in [0.5, 0.6) is 0 Å². The standard InChI is InChI=1S/C9H15NO5/c1-3-4-15-8(13)10-6-9(2,14)5-7(11)12/h3,14H,1,4-6H2,2H3,(H,10,13)(H,11,12). The van der Waals surface area contributed by atoms with E-state index in [-0.39, 0.29) is 13.2 Å². The van der Waals surface area contributed by atoms with Crippen LogP contribution in [-0.2, 0) is 9.53 Å². The second kappa shape index (κ2) is 6.02. The molecule has 1 amide bonds. The lowest BCUT2D eigenvalue weighted by molar-refractivity contribution is -0.141. The molecular weight excluding hydrogens is 202 g/mol. The normalized spacial score (nSPS) is 13.7. The number of carbonyl (C=O) groups is 2. The Kier molecular flexibility index (Phi) is 5.40. The topological polar surface area (TPSA) is 95.9 Å². The Morgan fingerprint density at radius 2 is 2.20 bits per heavy atom. The summed E-state index contributed by atoms with van der Waals surface area (Å²) in [5.41, 5.74) is -1.49. The zero-order valence-corrected chi connectivity index (χ0v) is 8.52. The van der Waals surface area contributed by atoms with Gasteiger partial charge in [-0.15, -0.1) is 0 Å². The van der Waals surface area contributed by atoms with Gasteiger partial charge in [0.2, 0.25) is 0 Å². The molecule has 3 N–H and O–H groups in total. The molecule has 0 bridgehead atoms. The van der Waals surface area contributed by atoms with Gasteiger partial charge >= 0.3 is 12.1 Å². The van der Waals surface area contributed by atoms with E-state index >= 15 is 0 Å². The van der Waals surface area contributed by atoms with Crippen molar-refractivity contribution in [2.45, 2.75) is 18.9 Å². The Balaban J connectivity index is 3.86. The number of carboxylic acid groups (broad SMARTS) is 1. The van der Waals surface area contributed by atoms with Gasteiger partial charge in [0.25, 0.3) is 0 Å². The number of nitrogens with one attached hydrogen (secondary N) is 1. The highest BCUT2D eigenvalue weighted by Crippen LogP contribution is 2.07. The molecule has 15 heavy (non-hydrogen) atoms. The average molecular weight is 217 g/mol. The van der Waals surface area contributed by atoms with Crippen LogP contribution in [0.3, 0.4) is 0 Å². The van der Waals surface area contributed by atoms with Crippen molar-refractivity contribution in [1.82, 2.24) is 5.32 Å². The molecule has 0 rings (SSSR count). The number of carbonyl (C=O) groups excluding carboxylic acids is 1. The lowest BCUT2D eigenvalue weighted by atomic mass is 10.0. The Morgan fingerprint density at radius 3 is 2.67 bits per heavy atom. The van der Waals surface area contributed by atoms with Crippen LogP contribution >= 0.6 is 0 Å². The van der Waals surface area contributed by atoms with E-state index in [1.165, 1.54) is 13.0 Å². The monoisotopic (exact) mass is 217 g/mol. The van der Waals surface area contributed by atoms with Crippen LogP contribution in [0, 0.1) is 0 Å². The highest BCUT2D eigenvalue weighted by molar-refractivity contribution is 5.69. The molecular formula is C9H15NO5. The molecule has 0 aromatic carbocycles. The second-order valence-electron chi connectivity index (χ2n) is 3.31. The SMILES string of the molecule is C=CCOC(=O)NCC(C)(O)CC(=O)O. The number of hydrogen-bond acceptors (Lipinski definition) is 4. The zero-order valence-electron chi connectivity index (χ0n) is 8.52. The maximum atomic E-state index is 10.9. The average Bonchev–Trinajstić information content (AvgIpc) is 2.09. The van der Waals surface area contributed by atoms with Crippen molar-refractivity contribution in [2.75, 3.05) is 13.2 Å². The zero-order chi connectivity index (χ0) is 11.9. The maximum absolute atomic E-state index is 10.9. The maximum Gasteiger partial charge on any atom is 0.407 e. The first-order valence-corrected chi connectivity index (χ1v) is 4.33. The molecule has 0 aromatic heterocycles. The van der Waals surface area contributed by atoms with Gasteiger partial charge in [0, 0.05) is 6.54 Å². The van der Waals surface area contributed by atoms with Crippen molar-refractivity contribution in [3.63, 3.8) is 0 Å². The van der Waals surface area contributed by atoms with Crippen molar-refractivity contribution < 1.29 is 24.5 Å². The van der Waals surface area contributed by atoms with E-state index < -0.39 is 24.1 Å². The largest absolute Gasteiger partial charge is 0.481 e. The number of aliphatic hydroxyl groups is 1. The molecule has 0 aliphatic carbocycles. The Bertz CT molecular complexity index is 249. The molecule has 0 aromatic rings. The van der Waals surface area contributed by atoms with Gasteiger partial charge in [-0.25, -0.2) is 4.79 Å². The van der Waals surface area contributed by atoms with Crippen molar-refractivity contribution in [1.29, 1.82) is 0 Å². The predicted molar refractivity (Wildman–Crippen MR) is 52.4 cm³/mol. The second-order valence-corrected chi connectivity index (χ2v) is 3.31. The van der Waals surface area contributed by atoms with Crippen LogP contribution in [0.2, 0.25) is 0 Å². The third-order valence-corrected chi connectivity index (χ3v) is 1.48. The van der Waals surface area contributed by atoms with E-state index in [0.717, 1.165) is 0 Å². The highest BCUT2D eigenvalue weighted by atomic mass is 16.5. The molecule has 0 spiro atoms. The first kappa shape index (κ1) is 13.4. The van der Waals surface area contributed by atoms with Crippen molar-refractivity contribution in [2.24, 2.45) is 0 Å². The van der Waals surface area contributed by atoms with Crippen LogP contribution < -0.4 is 5.32 Å². The molecule has 86 valence electrons. The summed E-state index contributed by atoms with van der Waals surface area (Å²) in [5, 5.41) is 20.2. The smallest absolute Gasteiger partial charge is 0.407 e. The summed E-state index contributed by atoms with van der Waals surface area (Å²) >= 11 is 0. The van der Waals surface area contributed by atoms with Crippen LogP contribution in [0.25, 0.3) is 0 Å². The Morgan fingerprint density at radius 1 is 1.60 bits per heavy atom. The van der Waals surface area contributed by atoms with E-state index in [4.69, 9.17) is 5.11 Å². The number of carboxylic acids is 1. The van der Waals surface area contributed by atoms with E-state index in [0.29, 0.717) is 0 Å². The molecule has 0 radical (unpaired) electrons. The van der Waals surface area contributed by atoms with Crippen molar-refractivity contribution >= 4 is 12.1 Å². The Labute approximate surface area is 87.5 Å². The molecule has 1 atom stereocenters. The van der Waals surface area contributed by atoms with Crippen LogP contribution in [0.1, 0.15) is 13.3 Å². The molecule has 0 fully saturated rings. The lowest BCUT2D eigenvalue weighted by Crippen LogP contribution is -2.42. The van der Waals surface area contributed by atoms with E-state index in [9.17, 15) is 14.7 Å². The van der Waals surface area contributed by atoms with Gasteiger partial charge in [-0.1, -0.05) is 12.7 Å². The van der Waals surface area contributed by atoms with Gasteiger partial charge in [-0.2, -0.15) is 0 Å². The van der Waals surface area contributed by atoms with Crippen molar-refractivity contribution in [3.05, 3.63) is 12.7 Å². The number of ether oxygens (including phenoxy) is 1. The molecule has 0 saturated carbocycles. The van der Waals surface area contributed by atoms with Gasteiger partial charge in [0.15, 0.2) is 0 Å². The molecule has 0 aliphatic heterocycles. The number of aliphatic carboxylic acids is 1. The molecule has 1 unspecified atom stereocenters. The minimum Gasteiger partial charge on any atom is -0.481 e. The van der Waals surface area contributed by atoms with Crippen molar-refractivity contribution in [3.8, 4) is 0 Å². The highest BCUT2D eigenvalue weighted by Gasteiger charge is 2.24. The molecule has 0 saturated heterocycles. The molecule has 6 heteroatoms. The van der Waals surface area contributed by atoms with Crippen LogP contribution in [-0.4, -0.2) is 41.0 Å². The summed E-state index contributed by atoms with van der Waals surface area (Å²) in [7, 11) is 0. The van der Waals surface area contributed by atoms with E-state index in [1.54, 1.807) is 0 Å². The summed E-state index contributed by atoms with van der Waals surface area (Å²) in [6, 6.07) is 0. The van der Waals surface area contributed by atoms with Crippen LogP contribution in [0.4, 0.5) is 4.79 Å². The molecule has 0 heterocycles. The fourth-order valence-electron chi connectivity index (χ4n) is 0.837. The predicted octanol–water partition coefficient (Wildman–Crippen LogP) is 0.124. The third kappa shape index (κ3) is 7.51. The number of hydrogen-bond donors (Lipinski definition) is 3. The van der Waals surface area contributed by atoms with Gasteiger partial charge in [-0.3, -0.25) is 4.79 Å². The van der Waals surface area contributed by atoms with Gasteiger partial charge in [0.05, 0.1) is 12.0 Å². The number of rotatable bonds is 6. The Hall–Kier alpha value is -1.56. The van der Waals surface area contributed by atoms with E-state index in [1.807, 2.05) is 0 Å². The van der Waals surface area contributed by atoms with Gasteiger partial charge in [-0.05, 0) is 6.92 Å². The van der Waals surface area contributed by atoms with E-state index in [2.05, 4.69) is 16.6 Å². The lowest BCUT2D eigenvalue weighted by Gasteiger charge is -2.20. The quantitative estimate of drug-likeness (QED) is 0.549. The van der Waals surface area contributed by atoms with Gasteiger partial charge in [0.1, 0.15) is 6.61 Å². The number of amides is 1. The fourth-order valence-corrected chi connectivity index (χ4v) is 0.837. The fraction of sp³-hybridized carbons (Fsp3) is 0.556. The van der Waals surface area contributed by atoms with Crippen LogP contribution in [0.15, 0.2) is 12.7 Å². The number of alkyl carbamates (subject to hydrolysis) is 1. The van der Waals surface area contributed by atoms with Gasteiger partial charge < -0.3 is 20.3 Å². The summed E-state index contributed by atoms with van der Waals surface area (Å²) in [5.74, 6) is -1.14. The summed E-state index contributed by atoms with van der Waals surface area (Å²) in [6.07, 6.45) is 0.226. The summed E-state index contributed by atoms with van der Waals surface area (Å²) < 4.78 is 4.56. The first-order chi connectivity index (χ1) is 6.87. The summed E-state index contributed by atoms with van der Waals surface area (Å²) in [6.45, 7) is 4.54. The summed E-state index contributed by atoms with van der Waals surface area (Å²) in [4.78, 5) is 21.2. The minimum absolute atomic E-state index is 0.0624. The minimum atomic E-state index is -1.49.